The van der Waals surface area contributed by atoms with Crippen LogP contribution < -0.4 is 14.4 Å². The second-order valence-corrected chi connectivity index (χ2v) is 13.5. The Bertz CT molecular complexity index is 1700. The second kappa shape index (κ2) is 15.8. The molecule has 0 heterocycles. The predicted octanol–water partition coefficient (Wildman–Crippen LogP) is 6.41. The fourth-order valence-corrected chi connectivity index (χ4v) is 6.44. The third kappa shape index (κ3) is 8.89. The van der Waals surface area contributed by atoms with E-state index < -0.39 is 28.5 Å². The van der Waals surface area contributed by atoms with Crippen molar-refractivity contribution >= 4 is 39.1 Å². The number of hydrogen-bond acceptors (Lipinski definition) is 5. The Balaban J connectivity index is 1.80. The number of methoxy groups -OCH3 is 1. The number of carbonyl (C=O) groups excluding carboxylic acids is 2. The first-order chi connectivity index (χ1) is 22.0. The number of aryl methyl sites for hydroxylation is 1. The van der Waals surface area contributed by atoms with E-state index >= 15 is 0 Å². The molecule has 8 nitrogen and oxygen atoms in total. The molecule has 2 amide bonds. The van der Waals surface area contributed by atoms with Gasteiger partial charge in [0.05, 0.1) is 17.7 Å². The Hall–Kier alpha value is -4.34. The lowest BCUT2D eigenvalue weighted by Crippen LogP contribution is -2.54. The van der Waals surface area contributed by atoms with E-state index in [0.717, 1.165) is 21.0 Å². The molecule has 1 N–H and O–H groups in total. The summed E-state index contributed by atoms with van der Waals surface area (Å²) in [7, 11) is -2.68. The van der Waals surface area contributed by atoms with Crippen molar-refractivity contribution in [1.29, 1.82) is 0 Å². The normalized spacial score (nSPS) is 12.5. The van der Waals surface area contributed by atoms with Crippen molar-refractivity contribution in [2.24, 2.45) is 0 Å². The highest BCUT2D eigenvalue weighted by atomic mass is 35.5. The lowest BCUT2D eigenvalue weighted by molar-refractivity contribution is -0.140. The van der Waals surface area contributed by atoms with Gasteiger partial charge in [-0.05, 0) is 79.9 Å². The van der Waals surface area contributed by atoms with E-state index in [9.17, 15) is 18.0 Å². The van der Waals surface area contributed by atoms with Crippen LogP contribution in [0, 0.1) is 6.92 Å². The molecule has 46 heavy (non-hydrogen) atoms. The molecule has 4 aromatic carbocycles. The van der Waals surface area contributed by atoms with Gasteiger partial charge in [-0.3, -0.25) is 13.9 Å². The molecule has 0 aliphatic rings. The molecule has 0 radical (unpaired) electrons. The van der Waals surface area contributed by atoms with Crippen LogP contribution in [0.15, 0.2) is 108 Å². The van der Waals surface area contributed by atoms with Gasteiger partial charge in [-0.1, -0.05) is 78.7 Å². The molecule has 0 unspecified atom stereocenters. The number of hydrogen-bond donors (Lipinski definition) is 1. The maximum Gasteiger partial charge on any atom is 0.264 e. The van der Waals surface area contributed by atoms with Crippen LogP contribution >= 0.6 is 11.6 Å². The average molecular weight is 662 g/mol. The zero-order chi connectivity index (χ0) is 33.3. The Kier molecular flexibility index (Phi) is 11.8. The Morgan fingerprint density at radius 2 is 1.50 bits per heavy atom. The van der Waals surface area contributed by atoms with Crippen molar-refractivity contribution in [2.45, 2.75) is 57.1 Å². The molecule has 0 fully saturated rings. The summed E-state index contributed by atoms with van der Waals surface area (Å²) in [5, 5.41) is 3.57. The van der Waals surface area contributed by atoms with Crippen LogP contribution in [0.4, 0.5) is 5.69 Å². The number of nitrogens with zero attached hydrogens (tertiary/aromatic N) is 2. The highest BCUT2D eigenvalue weighted by Gasteiger charge is 2.35. The third-order valence-corrected chi connectivity index (χ3v) is 9.83. The largest absolute Gasteiger partial charge is 0.497 e. The van der Waals surface area contributed by atoms with Crippen LogP contribution in [0.1, 0.15) is 37.0 Å². The van der Waals surface area contributed by atoms with Crippen molar-refractivity contribution in [2.75, 3.05) is 18.0 Å². The van der Waals surface area contributed by atoms with Crippen LogP contribution in [0.5, 0.6) is 5.75 Å². The number of ether oxygens (including phenoxy) is 1. The summed E-state index contributed by atoms with van der Waals surface area (Å²) in [6.45, 7) is 5.26. The number of rotatable bonds is 14. The number of anilines is 1. The zero-order valence-electron chi connectivity index (χ0n) is 26.5. The van der Waals surface area contributed by atoms with E-state index in [1.165, 1.54) is 24.1 Å². The molecule has 0 spiro atoms. The minimum atomic E-state index is -4.20. The topological polar surface area (TPSA) is 96.0 Å². The average Bonchev–Trinajstić information content (AvgIpc) is 3.06. The fraction of sp³-hybridized carbons (Fsp3) is 0.278. The first-order valence-electron chi connectivity index (χ1n) is 15.1. The van der Waals surface area contributed by atoms with Gasteiger partial charge in [0, 0.05) is 24.0 Å². The molecule has 4 rings (SSSR count). The van der Waals surface area contributed by atoms with Crippen molar-refractivity contribution in [3.05, 3.63) is 125 Å². The molecular formula is C36H40ClN3O5S. The van der Waals surface area contributed by atoms with Gasteiger partial charge in [-0.2, -0.15) is 0 Å². The standard InChI is InChI=1S/C36H40ClN3O5S/c1-5-27(3)38-36(42)34(23-28-9-7-6-8-10-28)39(24-29-13-15-30(37)16-14-29)35(41)25-40(31-17-19-32(45-4)20-18-31)46(43,44)33-21-11-26(2)12-22-33/h6-22,27,34H,5,23-25H2,1-4H3,(H,38,42)/t27-,34+/m1/s1. The Morgan fingerprint density at radius 3 is 2.09 bits per heavy atom. The Labute approximate surface area is 277 Å². The molecule has 242 valence electrons. The van der Waals surface area contributed by atoms with Crippen LogP contribution in [0.3, 0.4) is 0 Å². The van der Waals surface area contributed by atoms with Gasteiger partial charge in [0.25, 0.3) is 10.0 Å². The van der Waals surface area contributed by atoms with Gasteiger partial charge in [0.1, 0.15) is 18.3 Å². The molecular weight excluding hydrogens is 622 g/mol. The zero-order valence-corrected chi connectivity index (χ0v) is 28.1. The van der Waals surface area contributed by atoms with E-state index in [1.54, 1.807) is 60.7 Å². The monoisotopic (exact) mass is 661 g/mol. The molecule has 0 bridgehead atoms. The summed E-state index contributed by atoms with van der Waals surface area (Å²) < 4.78 is 34.7. The van der Waals surface area contributed by atoms with Crippen LogP contribution in [0.2, 0.25) is 5.02 Å². The number of halogens is 1. The maximum atomic E-state index is 14.5. The second-order valence-electron chi connectivity index (χ2n) is 11.2. The summed E-state index contributed by atoms with van der Waals surface area (Å²) in [5.74, 6) is -0.323. The molecule has 0 aliphatic heterocycles. The molecule has 10 heteroatoms. The summed E-state index contributed by atoms with van der Waals surface area (Å²) in [4.78, 5) is 30.0. The van der Waals surface area contributed by atoms with Gasteiger partial charge in [-0.25, -0.2) is 8.42 Å². The first kappa shape index (κ1) is 34.5. The number of benzene rings is 4. The van der Waals surface area contributed by atoms with Crippen LogP contribution in [-0.4, -0.2) is 50.9 Å². The maximum absolute atomic E-state index is 14.5. The molecule has 2 atom stereocenters. The molecule has 0 aromatic heterocycles. The summed E-state index contributed by atoms with van der Waals surface area (Å²) in [5.41, 5.74) is 2.78. The minimum Gasteiger partial charge on any atom is -0.497 e. The highest BCUT2D eigenvalue weighted by molar-refractivity contribution is 7.92. The number of carbonyl (C=O) groups is 2. The molecule has 4 aromatic rings. The Morgan fingerprint density at radius 1 is 0.870 bits per heavy atom. The van der Waals surface area contributed by atoms with Crippen LogP contribution in [0.25, 0.3) is 0 Å². The number of amides is 2. The lowest BCUT2D eigenvalue weighted by atomic mass is 10.0. The van der Waals surface area contributed by atoms with Gasteiger partial charge >= 0.3 is 0 Å². The lowest BCUT2D eigenvalue weighted by Gasteiger charge is -2.34. The van der Waals surface area contributed by atoms with E-state index in [4.69, 9.17) is 16.3 Å². The van der Waals surface area contributed by atoms with Crippen molar-refractivity contribution in [1.82, 2.24) is 10.2 Å². The van der Waals surface area contributed by atoms with Gasteiger partial charge in [-0.15, -0.1) is 0 Å². The molecule has 0 saturated carbocycles. The van der Waals surface area contributed by atoms with E-state index in [1.807, 2.05) is 51.1 Å². The summed E-state index contributed by atoms with van der Waals surface area (Å²) >= 11 is 6.15. The summed E-state index contributed by atoms with van der Waals surface area (Å²) in [6.07, 6.45) is 0.935. The molecule has 0 aliphatic carbocycles. The quantitative estimate of drug-likeness (QED) is 0.169. The first-order valence-corrected chi connectivity index (χ1v) is 16.9. The smallest absolute Gasteiger partial charge is 0.264 e. The van der Waals surface area contributed by atoms with Crippen molar-refractivity contribution in [3.8, 4) is 5.75 Å². The fourth-order valence-electron chi connectivity index (χ4n) is 4.90. The SMILES string of the molecule is CC[C@@H](C)NC(=O)[C@H](Cc1ccccc1)N(Cc1ccc(Cl)cc1)C(=O)CN(c1ccc(OC)cc1)S(=O)(=O)c1ccc(C)cc1. The number of nitrogens with one attached hydrogen (secondary N) is 1. The van der Waals surface area contributed by atoms with Crippen molar-refractivity contribution in [3.63, 3.8) is 0 Å². The van der Waals surface area contributed by atoms with Crippen LogP contribution in [-0.2, 0) is 32.6 Å². The van der Waals surface area contributed by atoms with E-state index in [-0.39, 0.29) is 35.5 Å². The van der Waals surface area contributed by atoms with E-state index in [0.29, 0.717) is 17.2 Å². The highest BCUT2D eigenvalue weighted by Crippen LogP contribution is 2.27. The van der Waals surface area contributed by atoms with Gasteiger partial charge in [0.2, 0.25) is 11.8 Å². The summed E-state index contributed by atoms with van der Waals surface area (Å²) in [6, 6.07) is 28.3. The van der Waals surface area contributed by atoms with Gasteiger partial charge < -0.3 is 15.0 Å². The third-order valence-electron chi connectivity index (χ3n) is 7.79. The number of sulfonamides is 1. The molecule has 0 saturated heterocycles. The van der Waals surface area contributed by atoms with Crippen molar-refractivity contribution < 1.29 is 22.7 Å². The predicted molar refractivity (Wildman–Crippen MR) is 183 cm³/mol. The minimum absolute atomic E-state index is 0.0429. The van der Waals surface area contributed by atoms with E-state index in [2.05, 4.69) is 5.32 Å². The van der Waals surface area contributed by atoms with Gasteiger partial charge in [0.15, 0.2) is 0 Å².